The van der Waals surface area contributed by atoms with Crippen molar-refractivity contribution in [1.82, 2.24) is 10.6 Å². The molecular weight excluding hydrogens is 537 g/mol. The Morgan fingerprint density at radius 2 is 1.81 bits per heavy atom. The predicted octanol–water partition coefficient (Wildman–Crippen LogP) is 4.46. The van der Waals surface area contributed by atoms with Crippen LogP contribution in [0.5, 0.6) is 5.75 Å². The van der Waals surface area contributed by atoms with Gasteiger partial charge in [-0.25, -0.2) is 13.4 Å². The Hall–Kier alpha value is -1.81. The minimum atomic E-state index is -3.14. The van der Waals surface area contributed by atoms with Gasteiger partial charge in [-0.1, -0.05) is 42.5 Å². The van der Waals surface area contributed by atoms with Crippen LogP contribution in [-0.2, 0) is 22.1 Å². The monoisotopic (exact) mass is 573 g/mol. The van der Waals surface area contributed by atoms with E-state index in [9.17, 15) is 8.42 Å². The van der Waals surface area contributed by atoms with E-state index in [-0.39, 0.29) is 41.6 Å². The summed E-state index contributed by atoms with van der Waals surface area (Å²) in [5, 5.41) is 6.44. The molecule has 0 aliphatic carbocycles. The van der Waals surface area contributed by atoms with Gasteiger partial charge in [0.05, 0.1) is 24.2 Å². The van der Waals surface area contributed by atoms with Crippen LogP contribution >= 0.6 is 24.0 Å². The maximum absolute atomic E-state index is 12.3. The molecular formula is C24H36IN3O3S. The average Bonchev–Trinajstić information content (AvgIpc) is 2.70. The van der Waals surface area contributed by atoms with Crippen LogP contribution in [0.1, 0.15) is 43.9 Å². The summed E-state index contributed by atoms with van der Waals surface area (Å²) in [5.41, 5.74) is 2.98. The molecule has 178 valence electrons. The van der Waals surface area contributed by atoms with Gasteiger partial charge in [-0.15, -0.1) is 24.0 Å². The summed E-state index contributed by atoms with van der Waals surface area (Å²) in [6.07, 6.45) is 0.611. The number of benzene rings is 2. The maximum atomic E-state index is 12.3. The molecule has 0 unspecified atom stereocenters. The molecule has 2 N–H and O–H groups in total. The third-order valence-corrected chi connectivity index (χ3v) is 6.17. The van der Waals surface area contributed by atoms with Gasteiger partial charge in [0.25, 0.3) is 0 Å². The van der Waals surface area contributed by atoms with Crippen LogP contribution in [0.3, 0.4) is 0 Å². The van der Waals surface area contributed by atoms with Gasteiger partial charge in [-0.05, 0) is 51.3 Å². The molecule has 0 heterocycles. The van der Waals surface area contributed by atoms with Gasteiger partial charge < -0.3 is 15.4 Å². The molecule has 0 bridgehead atoms. The summed E-state index contributed by atoms with van der Waals surface area (Å²) in [7, 11) is -3.14. The minimum Gasteiger partial charge on any atom is -0.491 e. The highest BCUT2D eigenvalue weighted by Gasteiger charge is 2.12. The van der Waals surface area contributed by atoms with Crippen molar-refractivity contribution in [2.75, 3.05) is 18.8 Å². The van der Waals surface area contributed by atoms with E-state index in [1.807, 2.05) is 70.2 Å². The topological polar surface area (TPSA) is 79.8 Å². The zero-order chi connectivity index (χ0) is 22.7. The van der Waals surface area contributed by atoms with Gasteiger partial charge in [0.2, 0.25) is 0 Å². The highest BCUT2D eigenvalue weighted by molar-refractivity contribution is 14.0. The normalized spacial score (nSPS) is 11.7. The van der Waals surface area contributed by atoms with E-state index in [2.05, 4.69) is 21.7 Å². The number of nitrogens with zero attached hydrogens (tertiary/aromatic N) is 1. The fourth-order valence-electron chi connectivity index (χ4n) is 3.06. The Kier molecular flexibility index (Phi) is 12.7. The number of aryl methyl sites for hydroxylation is 1. The molecule has 32 heavy (non-hydrogen) atoms. The first-order valence-electron chi connectivity index (χ1n) is 10.8. The lowest BCUT2D eigenvalue weighted by Crippen LogP contribution is -2.38. The van der Waals surface area contributed by atoms with Crippen molar-refractivity contribution >= 4 is 39.8 Å². The molecule has 2 rings (SSSR count). The van der Waals surface area contributed by atoms with Crippen LogP contribution in [0.2, 0.25) is 0 Å². The second-order valence-electron chi connectivity index (χ2n) is 7.83. The number of hydrogen-bond donors (Lipinski definition) is 2. The molecule has 6 nitrogen and oxygen atoms in total. The molecule has 8 heteroatoms. The van der Waals surface area contributed by atoms with E-state index >= 15 is 0 Å². The first kappa shape index (κ1) is 28.2. The number of aliphatic imine (C=N–C) groups is 1. The molecule has 0 fully saturated rings. The van der Waals surface area contributed by atoms with Crippen molar-refractivity contribution in [1.29, 1.82) is 0 Å². The van der Waals surface area contributed by atoms with E-state index < -0.39 is 9.84 Å². The molecule has 2 aromatic rings. The zero-order valence-electron chi connectivity index (χ0n) is 19.4. The van der Waals surface area contributed by atoms with Crippen LogP contribution < -0.4 is 15.4 Å². The van der Waals surface area contributed by atoms with E-state index in [1.165, 1.54) is 0 Å². The SMILES string of the molecule is CCNC(=NCc1ccc(C)cc1OC(C)C)NCCCS(=O)(=O)Cc1ccccc1.I. The first-order chi connectivity index (χ1) is 14.8. The number of rotatable bonds is 11. The fourth-order valence-corrected chi connectivity index (χ4v) is 4.49. The Morgan fingerprint density at radius 1 is 1.09 bits per heavy atom. The minimum absolute atomic E-state index is 0. The van der Waals surface area contributed by atoms with E-state index in [0.29, 0.717) is 25.5 Å². The van der Waals surface area contributed by atoms with Crippen molar-refractivity contribution < 1.29 is 13.2 Å². The molecule has 0 radical (unpaired) electrons. The molecule has 0 saturated carbocycles. The average molecular weight is 574 g/mol. The highest BCUT2D eigenvalue weighted by Crippen LogP contribution is 2.22. The largest absolute Gasteiger partial charge is 0.491 e. The Morgan fingerprint density at radius 3 is 2.47 bits per heavy atom. The summed E-state index contributed by atoms with van der Waals surface area (Å²) in [4.78, 5) is 4.65. The Labute approximate surface area is 210 Å². The van der Waals surface area contributed by atoms with E-state index in [1.54, 1.807) is 0 Å². The van der Waals surface area contributed by atoms with Crippen molar-refractivity contribution in [3.8, 4) is 5.75 Å². The summed E-state index contributed by atoms with van der Waals surface area (Å²) >= 11 is 0. The lowest BCUT2D eigenvalue weighted by molar-refractivity contribution is 0.240. The number of guanidine groups is 1. The number of sulfone groups is 1. The molecule has 0 aromatic heterocycles. The summed E-state index contributed by atoms with van der Waals surface area (Å²) in [6.45, 7) is 9.78. The first-order valence-corrected chi connectivity index (χ1v) is 12.6. The molecule has 0 atom stereocenters. The molecule has 0 spiro atoms. The van der Waals surface area contributed by atoms with Crippen molar-refractivity contribution in [2.45, 2.75) is 52.5 Å². The van der Waals surface area contributed by atoms with E-state index in [4.69, 9.17) is 4.74 Å². The molecule has 0 saturated heterocycles. The third kappa shape index (κ3) is 10.7. The van der Waals surface area contributed by atoms with Crippen LogP contribution in [0.4, 0.5) is 0 Å². The summed E-state index contributed by atoms with van der Waals surface area (Å²) in [5.74, 6) is 1.73. The zero-order valence-corrected chi connectivity index (χ0v) is 22.6. The van der Waals surface area contributed by atoms with Gasteiger partial charge in [0.15, 0.2) is 15.8 Å². The van der Waals surface area contributed by atoms with Crippen LogP contribution in [0.25, 0.3) is 0 Å². The lowest BCUT2D eigenvalue weighted by atomic mass is 10.1. The van der Waals surface area contributed by atoms with Crippen molar-refractivity contribution in [2.24, 2.45) is 4.99 Å². The van der Waals surface area contributed by atoms with Gasteiger partial charge in [0.1, 0.15) is 5.75 Å². The quantitative estimate of drug-likeness (QED) is 0.180. The smallest absolute Gasteiger partial charge is 0.191 e. The predicted molar refractivity (Wildman–Crippen MR) is 144 cm³/mol. The van der Waals surface area contributed by atoms with Crippen molar-refractivity contribution in [3.05, 3.63) is 65.2 Å². The van der Waals surface area contributed by atoms with Crippen LogP contribution in [0.15, 0.2) is 53.5 Å². The Balaban J connectivity index is 0.00000512. The van der Waals surface area contributed by atoms with Gasteiger partial charge in [-0.3, -0.25) is 0 Å². The van der Waals surface area contributed by atoms with Gasteiger partial charge in [-0.2, -0.15) is 0 Å². The lowest BCUT2D eigenvalue weighted by Gasteiger charge is -2.15. The fraction of sp³-hybridized carbons (Fsp3) is 0.458. The second-order valence-corrected chi connectivity index (χ2v) is 10.0. The summed E-state index contributed by atoms with van der Waals surface area (Å²) < 4.78 is 30.6. The third-order valence-electron chi connectivity index (χ3n) is 4.49. The van der Waals surface area contributed by atoms with Gasteiger partial charge >= 0.3 is 0 Å². The molecule has 2 aromatic carbocycles. The number of hydrogen-bond acceptors (Lipinski definition) is 4. The molecule has 0 aliphatic heterocycles. The standard InChI is InChI=1S/C24H35N3O3S.HI/c1-5-25-24(27-17-22-13-12-20(4)16-23(22)30-19(2)3)26-14-9-15-31(28,29)18-21-10-7-6-8-11-21;/h6-8,10-13,16,19H,5,9,14-15,17-18H2,1-4H3,(H2,25,26,27);1H. The van der Waals surface area contributed by atoms with E-state index in [0.717, 1.165) is 29.0 Å². The highest BCUT2D eigenvalue weighted by atomic mass is 127. The van der Waals surface area contributed by atoms with Crippen LogP contribution in [-0.4, -0.2) is 39.3 Å². The number of nitrogens with one attached hydrogen (secondary N) is 2. The maximum Gasteiger partial charge on any atom is 0.191 e. The van der Waals surface area contributed by atoms with Crippen LogP contribution in [0, 0.1) is 6.92 Å². The van der Waals surface area contributed by atoms with Crippen molar-refractivity contribution in [3.63, 3.8) is 0 Å². The summed E-state index contributed by atoms with van der Waals surface area (Å²) in [6, 6.07) is 15.4. The second kappa shape index (κ2) is 14.4. The number of ether oxygens (including phenoxy) is 1. The Bertz CT molecular complexity index is 948. The molecule has 0 aliphatic rings. The number of halogens is 1. The molecule has 0 amide bonds. The van der Waals surface area contributed by atoms with Gasteiger partial charge in [0, 0.05) is 18.7 Å².